The molecule has 0 bridgehead atoms. The summed E-state index contributed by atoms with van der Waals surface area (Å²) in [5.41, 5.74) is 0. The molecule has 1 unspecified atom stereocenters. The fraction of sp³-hybridized carbons (Fsp3) is 0.667. The molecule has 0 saturated heterocycles. The van der Waals surface area contributed by atoms with Crippen molar-refractivity contribution in [1.29, 1.82) is 0 Å². The van der Waals surface area contributed by atoms with Gasteiger partial charge in [-0.25, -0.2) is 0 Å². The van der Waals surface area contributed by atoms with Crippen LogP contribution in [0.25, 0.3) is 0 Å². The van der Waals surface area contributed by atoms with Gasteiger partial charge in [-0.3, -0.25) is 0 Å². The predicted molar refractivity (Wildman–Crippen MR) is 36.0 cm³/mol. The second kappa shape index (κ2) is 1.83. The van der Waals surface area contributed by atoms with E-state index < -0.39 is 4.33 Å². The predicted octanol–water partition coefficient (Wildman–Crippen LogP) is 2.20. The number of terminal acetylenes is 1. The van der Waals surface area contributed by atoms with Crippen LogP contribution in [0.5, 0.6) is 0 Å². The molecule has 1 atom stereocenters. The van der Waals surface area contributed by atoms with Gasteiger partial charge in [0.2, 0.25) is 0 Å². The van der Waals surface area contributed by atoms with Gasteiger partial charge in [-0.15, -0.1) is 35.5 Å². The van der Waals surface area contributed by atoms with Crippen molar-refractivity contribution in [2.45, 2.75) is 17.2 Å². The van der Waals surface area contributed by atoms with Gasteiger partial charge in [0.05, 0.1) is 5.92 Å². The first-order valence-electron chi connectivity index (χ1n) is 2.51. The highest BCUT2D eigenvalue weighted by Crippen LogP contribution is 2.46. The molecule has 1 rings (SSSR count). The first-order valence-corrected chi connectivity index (χ1v) is 3.26. The average molecular weight is 149 g/mol. The smallest absolute Gasteiger partial charge is 0.120 e. The summed E-state index contributed by atoms with van der Waals surface area (Å²) in [6.07, 6.45) is 6.90. The minimum Gasteiger partial charge on any atom is -0.120 e. The molecule has 0 aliphatic heterocycles. The van der Waals surface area contributed by atoms with Gasteiger partial charge in [0.25, 0.3) is 0 Å². The van der Waals surface area contributed by atoms with Gasteiger partial charge in [0.1, 0.15) is 4.33 Å². The minimum absolute atomic E-state index is 0.0887. The zero-order valence-electron chi connectivity index (χ0n) is 4.32. The third-order valence-corrected chi connectivity index (χ3v) is 2.38. The molecule has 0 amide bonds. The van der Waals surface area contributed by atoms with Crippen LogP contribution in [0.1, 0.15) is 12.8 Å². The van der Waals surface area contributed by atoms with Crippen molar-refractivity contribution in [2.24, 2.45) is 5.92 Å². The maximum absolute atomic E-state index is 5.69. The van der Waals surface area contributed by atoms with Crippen LogP contribution in [0.3, 0.4) is 0 Å². The Kier molecular flexibility index (Phi) is 1.43. The lowest BCUT2D eigenvalue weighted by Crippen LogP contribution is -2.35. The standard InChI is InChI=1S/C6H6Cl2/c1-2-5-3-4-6(5,7)8/h1,5H,3-4H2. The highest BCUT2D eigenvalue weighted by atomic mass is 35.5. The van der Waals surface area contributed by atoms with E-state index in [1.54, 1.807) is 0 Å². The lowest BCUT2D eigenvalue weighted by molar-refractivity contribution is 0.369. The van der Waals surface area contributed by atoms with E-state index in [1.807, 2.05) is 0 Å². The Morgan fingerprint density at radius 3 is 2.25 bits per heavy atom. The zero-order valence-corrected chi connectivity index (χ0v) is 5.84. The summed E-state index contributed by atoms with van der Waals surface area (Å²) in [6.45, 7) is 0. The highest BCUT2D eigenvalue weighted by molar-refractivity contribution is 6.49. The fourth-order valence-corrected chi connectivity index (χ4v) is 1.27. The largest absolute Gasteiger partial charge is 0.132 e. The van der Waals surface area contributed by atoms with Crippen LogP contribution in [0.2, 0.25) is 0 Å². The van der Waals surface area contributed by atoms with E-state index in [2.05, 4.69) is 5.92 Å². The summed E-state index contributed by atoms with van der Waals surface area (Å²) >= 11 is 11.4. The Hall–Kier alpha value is 0.140. The monoisotopic (exact) mass is 148 g/mol. The van der Waals surface area contributed by atoms with Gasteiger partial charge in [0, 0.05) is 0 Å². The second-order valence-electron chi connectivity index (χ2n) is 2.02. The van der Waals surface area contributed by atoms with Crippen LogP contribution in [0.4, 0.5) is 0 Å². The van der Waals surface area contributed by atoms with Gasteiger partial charge in [-0.05, 0) is 12.8 Å². The number of hydrogen-bond donors (Lipinski definition) is 0. The van der Waals surface area contributed by atoms with Crippen molar-refractivity contribution in [2.75, 3.05) is 0 Å². The van der Waals surface area contributed by atoms with Gasteiger partial charge in [-0.1, -0.05) is 0 Å². The molecule has 1 saturated carbocycles. The van der Waals surface area contributed by atoms with Crippen molar-refractivity contribution in [1.82, 2.24) is 0 Å². The molecule has 0 N–H and O–H groups in total. The number of rotatable bonds is 0. The second-order valence-corrected chi connectivity index (χ2v) is 3.56. The summed E-state index contributed by atoms with van der Waals surface area (Å²) in [5, 5.41) is 0. The van der Waals surface area contributed by atoms with E-state index in [0.717, 1.165) is 12.8 Å². The molecule has 0 heterocycles. The molecule has 0 nitrogen and oxygen atoms in total. The van der Waals surface area contributed by atoms with Crippen LogP contribution < -0.4 is 0 Å². The Morgan fingerprint density at radius 1 is 1.62 bits per heavy atom. The molecule has 0 aromatic carbocycles. The molecular formula is C6H6Cl2. The van der Waals surface area contributed by atoms with Gasteiger partial charge >= 0.3 is 0 Å². The van der Waals surface area contributed by atoms with E-state index in [1.165, 1.54) is 0 Å². The van der Waals surface area contributed by atoms with Crippen LogP contribution in [0.15, 0.2) is 0 Å². The van der Waals surface area contributed by atoms with E-state index in [4.69, 9.17) is 29.6 Å². The Bertz CT molecular complexity index is 132. The van der Waals surface area contributed by atoms with Crippen LogP contribution in [0, 0.1) is 18.3 Å². The minimum atomic E-state index is -0.602. The summed E-state index contributed by atoms with van der Waals surface area (Å²) in [7, 11) is 0. The summed E-state index contributed by atoms with van der Waals surface area (Å²) in [5.74, 6) is 2.62. The third kappa shape index (κ3) is 0.811. The Morgan fingerprint density at radius 2 is 2.25 bits per heavy atom. The number of halogens is 2. The highest BCUT2D eigenvalue weighted by Gasteiger charge is 2.42. The number of hydrogen-bond acceptors (Lipinski definition) is 0. The van der Waals surface area contributed by atoms with Crippen molar-refractivity contribution < 1.29 is 0 Å². The molecule has 8 heavy (non-hydrogen) atoms. The Labute approximate surface area is 59.2 Å². The molecule has 0 radical (unpaired) electrons. The first kappa shape index (κ1) is 6.26. The molecule has 1 aliphatic carbocycles. The normalized spacial score (nSPS) is 32.9. The molecule has 1 aliphatic rings. The average Bonchev–Trinajstić information content (AvgIpc) is 1.66. The van der Waals surface area contributed by atoms with Crippen LogP contribution >= 0.6 is 23.2 Å². The molecule has 44 valence electrons. The maximum Gasteiger partial charge on any atom is 0.132 e. The van der Waals surface area contributed by atoms with Crippen molar-refractivity contribution in [3.8, 4) is 12.3 Å². The zero-order chi connectivity index (χ0) is 6.20. The van der Waals surface area contributed by atoms with Gasteiger partial charge in [0.15, 0.2) is 0 Å². The first-order chi connectivity index (χ1) is 3.67. The Balaban J connectivity index is 2.53. The topological polar surface area (TPSA) is 0 Å². The molecule has 2 heteroatoms. The van der Waals surface area contributed by atoms with E-state index in [9.17, 15) is 0 Å². The van der Waals surface area contributed by atoms with E-state index in [-0.39, 0.29) is 5.92 Å². The van der Waals surface area contributed by atoms with Crippen molar-refractivity contribution in [3.05, 3.63) is 0 Å². The lowest BCUT2D eigenvalue weighted by atomic mass is 9.85. The van der Waals surface area contributed by atoms with E-state index >= 15 is 0 Å². The molecule has 0 aromatic rings. The van der Waals surface area contributed by atoms with Crippen LogP contribution in [-0.4, -0.2) is 4.33 Å². The maximum atomic E-state index is 5.69. The van der Waals surface area contributed by atoms with Gasteiger partial charge < -0.3 is 0 Å². The molecule has 0 aromatic heterocycles. The summed E-state index contributed by atoms with van der Waals surface area (Å²) < 4.78 is -0.602. The molecule has 0 spiro atoms. The quantitative estimate of drug-likeness (QED) is 0.365. The third-order valence-electron chi connectivity index (χ3n) is 1.48. The van der Waals surface area contributed by atoms with Crippen LogP contribution in [-0.2, 0) is 0 Å². The lowest BCUT2D eigenvalue weighted by Gasteiger charge is -2.35. The van der Waals surface area contributed by atoms with Crippen molar-refractivity contribution in [3.63, 3.8) is 0 Å². The SMILES string of the molecule is C#CC1CCC1(Cl)Cl. The summed E-state index contributed by atoms with van der Waals surface area (Å²) in [4.78, 5) is 0. The molecular weight excluding hydrogens is 143 g/mol. The van der Waals surface area contributed by atoms with Crippen molar-refractivity contribution >= 4 is 23.2 Å². The number of alkyl halides is 2. The summed E-state index contributed by atoms with van der Waals surface area (Å²) in [6, 6.07) is 0. The fourth-order valence-electron chi connectivity index (χ4n) is 0.712. The van der Waals surface area contributed by atoms with Gasteiger partial charge in [-0.2, -0.15) is 0 Å². The molecule has 1 fully saturated rings. The van der Waals surface area contributed by atoms with E-state index in [0.29, 0.717) is 0 Å².